The minimum Gasteiger partial charge on any atom is -0.325 e. The van der Waals surface area contributed by atoms with E-state index >= 15 is 0 Å². The van der Waals surface area contributed by atoms with E-state index in [1.54, 1.807) is 0 Å². The monoisotopic (exact) mass is 556 g/mol. The molecule has 0 saturated heterocycles. The number of hydrogen-bond donors (Lipinski definition) is 1. The summed E-state index contributed by atoms with van der Waals surface area (Å²) in [5.41, 5.74) is 16.8. The topological polar surface area (TPSA) is 38.4 Å². The number of benzene rings is 3. The Bertz CT molecular complexity index is 1130. The van der Waals surface area contributed by atoms with Gasteiger partial charge in [-0.1, -0.05) is 139 Å². The molecule has 0 aliphatic heterocycles. The molecule has 0 fully saturated rings. The first-order valence-corrected chi connectivity index (χ1v) is 15.7. The zero-order chi connectivity index (χ0) is 31.2. The van der Waals surface area contributed by atoms with Crippen molar-refractivity contribution in [3.05, 3.63) is 101 Å². The molecule has 41 heavy (non-hydrogen) atoms. The highest BCUT2D eigenvalue weighted by molar-refractivity contribution is 5.92. The lowest BCUT2D eigenvalue weighted by Gasteiger charge is -2.13. The largest absolute Gasteiger partial charge is 0.325 e. The molecule has 0 heterocycles. The Morgan fingerprint density at radius 1 is 0.756 bits per heavy atom. The standard InChI is InChI=1S/C19H24N2.C12H16.2C4H10/c1-13(2)19(12-20)21-18-10-9-14(3)11-17(18)16-8-6-5-7-15(16)4;1-10(2)4-7-12-8-5-11(3)6-9-12;2*1-3-4-2/h5-11,13H,12,20H2,1-4H3;5-6,8-9H,1,4,7H2,2-3H3;2*3-4H2,1-2H3. The van der Waals surface area contributed by atoms with Crippen molar-refractivity contribution in [2.45, 2.75) is 108 Å². The summed E-state index contributed by atoms with van der Waals surface area (Å²) in [6, 6.07) is 23.5. The fourth-order valence-electron chi connectivity index (χ4n) is 3.52. The molecule has 2 N–H and O–H groups in total. The molecule has 0 radical (unpaired) electrons. The summed E-state index contributed by atoms with van der Waals surface area (Å²) in [7, 11) is 0. The molecule has 2 heteroatoms. The molecule has 226 valence electrons. The Labute approximate surface area is 254 Å². The number of allylic oxidation sites excluding steroid dienone is 1. The quantitative estimate of drug-likeness (QED) is 0.206. The molecule has 0 aliphatic carbocycles. The van der Waals surface area contributed by atoms with E-state index in [0.717, 1.165) is 24.2 Å². The molecule has 3 aromatic rings. The molecule has 0 saturated carbocycles. The zero-order valence-electron chi connectivity index (χ0n) is 28.1. The molecule has 3 aromatic carbocycles. The molecular formula is C39H60N2. The summed E-state index contributed by atoms with van der Waals surface area (Å²) in [5, 5.41) is 0. The van der Waals surface area contributed by atoms with E-state index in [1.165, 1.54) is 64.6 Å². The van der Waals surface area contributed by atoms with Crippen LogP contribution < -0.4 is 5.73 Å². The lowest BCUT2D eigenvalue weighted by Crippen LogP contribution is -2.19. The summed E-state index contributed by atoms with van der Waals surface area (Å²) < 4.78 is 0. The molecule has 0 aromatic heterocycles. The highest BCUT2D eigenvalue weighted by Crippen LogP contribution is 2.33. The van der Waals surface area contributed by atoms with E-state index in [1.807, 2.05) is 0 Å². The van der Waals surface area contributed by atoms with Crippen molar-refractivity contribution in [1.29, 1.82) is 0 Å². The third-order valence-electron chi connectivity index (χ3n) is 6.69. The summed E-state index contributed by atoms with van der Waals surface area (Å²) in [6.45, 7) is 25.8. The smallest absolute Gasteiger partial charge is 0.0708 e. The van der Waals surface area contributed by atoms with Gasteiger partial charge in [0, 0.05) is 17.8 Å². The van der Waals surface area contributed by atoms with Gasteiger partial charge >= 0.3 is 0 Å². The molecule has 3 rings (SSSR count). The van der Waals surface area contributed by atoms with Gasteiger partial charge in [0.25, 0.3) is 0 Å². The predicted octanol–water partition coefficient (Wildman–Crippen LogP) is 11.8. The van der Waals surface area contributed by atoms with Gasteiger partial charge in [0.1, 0.15) is 0 Å². The van der Waals surface area contributed by atoms with Gasteiger partial charge in [-0.3, -0.25) is 4.99 Å². The third kappa shape index (κ3) is 16.8. The molecule has 0 atom stereocenters. The minimum atomic E-state index is 0.362. The maximum atomic E-state index is 5.84. The molecule has 0 unspecified atom stereocenters. The zero-order valence-corrected chi connectivity index (χ0v) is 28.1. The predicted molar refractivity (Wildman–Crippen MR) is 188 cm³/mol. The normalized spacial score (nSPS) is 10.5. The van der Waals surface area contributed by atoms with E-state index in [-0.39, 0.29) is 0 Å². The van der Waals surface area contributed by atoms with Gasteiger partial charge in [0.15, 0.2) is 0 Å². The summed E-state index contributed by atoms with van der Waals surface area (Å²) >= 11 is 0. The lowest BCUT2D eigenvalue weighted by molar-refractivity contribution is 0.865. The minimum absolute atomic E-state index is 0.362. The van der Waals surface area contributed by atoms with Crippen molar-refractivity contribution in [2.24, 2.45) is 16.6 Å². The van der Waals surface area contributed by atoms with Gasteiger partial charge < -0.3 is 5.73 Å². The van der Waals surface area contributed by atoms with Crippen LogP contribution in [0.4, 0.5) is 5.69 Å². The van der Waals surface area contributed by atoms with Crippen molar-refractivity contribution in [3.63, 3.8) is 0 Å². The number of hydrogen-bond acceptors (Lipinski definition) is 2. The van der Waals surface area contributed by atoms with Crippen LogP contribution in [0.2, 0.25) is 0 Å². The first kappa shape index (κ1) is 38.0. The molecule has 0 amide bonds. The van der Waals surface area contributed by atoms with E-state index in [0.29, 0.717) is 12.5 Å². The van der Waals surface area contributed by atoms with Crippen molar-refractivity contribution in [3.8, 4) is 11.1 Å². The maximum absolute atomic E-state index is 5.84. The maximum Gasteiger partial charge on any atom is 0.0708 e. The van der Waals surface area contributed by atoms with Crippen molar-refractivity contribution >= 4 is 11.4 Å². The van der Waals surface area contributed by atoms with E-state index in [9.17, 15) is 0 Å². The Balaban J connectivity index is 0.000000670. The number of nitrogens with two attached hydrogens (primary N) is 1. The summed E-state index contributed by atoms with van der Waals surface area (Å²) in [6.07, 6.45) is 7.50. The number of nitrogens with zero attached hydrogens (tertiary/aromatic N) is 1. The van der Waals surface area contributed by atoms with Crippen LogP contribution in [0.5, 0.6) is 0 Å². The van der Waals surface area contributed by atoms with Crippen LogP contribution in [0.3, 0.4) is 0 Å². The summed E-state index contributed by atoms with van der Waals surface area (Å²) in [4.78, 5) is 4.83. The number of unbranched alkanes of at least 4 members (excludes halogenated alkanes) is 2. The number of rotatable bonds is 9. The van der Waals surface area contributed by atoms with Gasteiger partial charge in [-0.2, -0.15) is 0 Å². The second kappa shape index (κ2) is 22.7. The second-order valence-electron chi connectivity index (χ2n) is 11.2. The molecule has 0 aliphatic rings. The van der Waals surface area contributed by atoms with E-state index in [4.69, 9.17) is 10.7 Å². The van der Waals surface area contributed by atoms with Crippen LogP contribution in [0.25, 0.3) is 11.1 Å². The van der Waals surface area contributed by atoms with Crippen LogP contribution in [-0.2, 0) is 6.42 Å². The van der Waals surface area contributed by atoms with Crippen LogP contribution in [0.15, 0.2) is 83.9 Å². The molecule has 0 bridgehead atoms. The Kier molecular flexibility index (Phi) is 21.0. The highest BCUT2D eigenvalue weighted by Gasteiger charge is 2.10. The number of aliphatic imine (C=N–C) groups is 1. The van der Waals surface area contributed by atoms with Crippen LogP contribution >= 0.6 is 0 Å². The average Bonchev–Trinajstić information content (AvgIpc) is 2.97. The van der Waals surface area contributed by atoms with Gasteiger partial charge in [-0.15, -0.1) is 6.58 Å². The second-order valence-corrected chi connectivity index (χ2v) is 11.2. The van der Waals surface area contributed by atoms with Crippen molar-refractivity contribution < 1.29 is 0 Å². The van der Waals surface area contributed by atoms with Crippen molar-refractivity contribution in [1.82, 2.24) is 0 Å². The van der Waals surface area contributed by atoms with E-state index in [2.05, 4.69) is 143 Å². The SMILES string of the molecule is C=C(C)CCc1ccc(C)cc1.CCCC.CCCC.Cc1ccc(N=C(CN)C(C)C)c(-c2ccccc2C)c1. The van der Waals surface area contributed by atoms with Gasteiger partial charge in [-0.05, 0) is 75.3 Å². The Morgan fingerprint density at radius 3 is 1.76 bits per heavy atom. The average molecular weight is 557 g/mol. The van der Waals surface area contributed by atoms with Crippen LogP contribution in [0.1, 0.15) is 103 Å². The number of aryl methyl sites for hydroxylation is 4. The van der Waals surface area contributed by atoms with Crippen molar-refractivity contribution in [2.75, 3.05) is 6.54 Å². The molecule has 2 nitrogen and oxygen atoms in total. The highest BCUT2D eigenvalue weighted by atomic mass is 14.8. The Hall–Kier alpha value is -2.97. The van der Waals surface area contributed by atoms with Crippen LogP contribution in [-0.4, -0.2) is 12.3 Å². The van der Waals surface area contributed by atoms with Gasteiger partial charge in [0.2, 0.25) is 0 Å². The molecular weight excluding hydrogens is 496 g/mol. The first-order valence-electron chi connectivity index (χ1n) is 15.7. The van der Waals surface area contributed by atoms with Crippen LogP contribution in [0, 0.1) is 26.7 Å². The lowest BCUT2D eigenvalue weighted by atomic mass is 9.97. The Morgan fingerprint density at radius 2 is 1.29 bits per heavy atom. The summed E-state index contributed by atoms with van der Waals surface area (Å²) in [5.74, 6) is 0.362. The molecule has 0 spiro atoms. The van der Waals surface area contributed by atoms with Gasteiger partial charge in [0.05, 0.1) is 5.69 Å². The fourth-order valence-corrected chi connectivity index (χ4v) is 3.52. The van der Waals surface area contributed by atoms with Gasteiger partial charge in [-0.25, -0.2) is 0 Å². The van der Waals surface area contributed by atoms with E-state index < -0.39 is 0 Å². The fraction of sp³-hybridized carbons (Fsp3) is 0.462. The third-order valence-corrected chi connectivity index (χ3v) is 6.69. The first-order chi connectivity index (χ1) is 19.5.